The monoisotopic (exact) mass is 198 g/mol. The summed E-state index contributed by atoms with van der Waals surface area (Å²) in [6.07, 6.45) is 11.9. The Morgan fingerprint density at radius 2 is 1.57 bits per heavy atom. The lowest BCUT2D eigenvalue weighted by Crippen LogP contribution is -1.66. The van der Waals surface area contributed by atoms with Crippen molar-refractivity contribution in [2.75, 3.05) is 0 Å². The zero-order chi connectivity index (χ0) is 11.2. The van der Waals surface area contributed by atoms with E-state index in [0.717, 1.165) is 0 Å². The Balaban J connectivity index is 0. The standard InChI is InChI=1S/C6H10.C6H14.C2H6/c1-6-4-2-3-5-6;1-3-5-6-4-2;1-2/h4H,2-3,5H2,1H3;3-6H2,1-2H3;1-2H3. The van der Waals surface area contributed by atoms with Gasteiger partial charge in [0.25, 0.3) is 0 Å². The summed E-state index contributed by atoms with van der Waals surface area (Å²) in [5.41, 5.74) is 1.58. The summed E-state index contributed by atoms with van der Waals surface area (Å²) in [6.45, 7) is 10.7. The summed E-state index contributed by atoms with van der Waals surface area (Å²) < 4.78 is 0. The van der Waals surface area contributed by atoms with Crippen LogP contribution in [0.5, 0.6) is 0 Å². The molecule has 1 aliphatic rings. The fourth-order valence-corrected chi connectivity index (χ4v) is 1.33. The minimum Gasteiger partial charge on any atom is -0.0856 e. The van der Waals surface area contributed by atoms with Crippen LogP contribution in [-0.2, 0) is 0 Å². The van der Waals surface area contributed by atoms with Gasteiger partial charge in [0.1, 0.15) is 0 Å². The van der Waals surface area contributed by atoms with E-state index in [1.165, 1.54) is 44.9 Å². The van der Waals surface area contributed by atoms with Crippen LogP contribution in [0.15, 0.2) is 11.6 Å². The second kappa shape index (κ2) is 15.2. The highest BCUT2D eigenvalue weighted by Gasteiger charge is 1.95. The zero-order valence-electron chi connectivity index (χ0n) is 11.0. The van der Waals surface area contributed by atoms with Crippen molar-refractivity contribution < 1.29 is 0 Å². The number of rotatable bonds is 3. The summed E-state index contributed by atoms with van der Waals surface area (Å²) in [5, 5.41) is 0. The van der Waals surface area contributed by atoms with E-state index in [1.54, 1.807) is 5.57 Å². The molecule has 0 fully saturated rings. The largest absolute Gasteiger partial charge is 0.0856 e. The third-order valence-corrected chi connectivity index (χ3v) is 2.23. The fraction of sp³-hybridized carbons (Fsp3) is 0.857. The predicted octanol–water partition coefficient (Wildman–Crippen LogP) is 5.73. The average molecular weight is 198 g/mol. The van der Waals surface area contributed by atoms with Crippen LogP contribution < -0.4 is 0 Å². The van der Waals surface area contributed by atoms with Gasteiger partial charge in [-0.25, -0.2) is 0 Å². The maximum atomic E-state index is 2.32. The second-order valence-corrected chi connectivity index (χ2v) is 3.65. The fourth-order valence-electron chi connectivity index (χ4n) is 1.33. The molecule has 0 saturated carbocycles. The Bertz CT molecular complexity index is 107. The van der Waals surface area contributed by atoms with Crippen LogP contribution in [0.2, 0.25) is 0 Å². The molecule has 0 heterocycles. The van der Waals surface area contributed by atoms with E-state index >= 15 is 0 Å². The molecule has 0 aromatic rings. The van der Waals surface area contributed by atoms with Gasteiger partial charge >= 0.3 is 0 Å². The van der Waals surface area contributed by atoms with Gasteiger partial charge in [0.15, 0.2) is 0 Å². The molecule has 86 valence electrons. The molecule has 0 aromatic heterocycles. The molecule has 0 aliphatic heterocycles. The van der Waals surface area contributed by atoms with Gasteiger partial charge in [0, 0.05) is 0 Å². The molecule has 0 bridgehead atoms. The molecule has 0 radical (unpaired) electrons. The highest BCUT2D eigenvalue weighted by atomic mass is 14.0. The molecular weight excluding hydrogens is 168 g/mol. The third-order valence-electron chi connectivity index (χ3n) is 2.23. The lowest BCUT2D eigenvalue weighted by molar-refractivity contribution is 0.702. The predicted molar refractivity (Wildman–Crippen MR) is 68.8 cm³/mol. The number of hydrogen-bond donors (Lipinski definition) is 0. The smallest absolute Gasteiger partial charge is 0.0320 e. The van der Waals surface area contributed by atoms with Crippen LogP contribution in [0.1, 0.15) is 79.6 Å². The van der Waals surface area contributed by atoms with Gasteiger partial charge in [-0.2, -0.15) is 0 Å². The average Bonchev–Trinajstić information content (AvgIpc) is 2.70. The molecule has 0 atom stereocenters. The van der Waals surface area contributed by atoms with Crippen LogP contribution in [0.3, 0.4) is 0 Å². The minimum atomic E-state index is 1.33. The normalized spacial score (nSPS) is 13.4. The van der Waals surface area contributed by atoms with E-state index in [1.807, 2.05) is 13.8 Å². The van der Waals surface area contributed by atoms with Gasteiger partial charge in [0.2, 0.25) is 0 Å². The second-order valence-electron chi connectivity index (χ2n) is 3.65. The van der Waals surface area contributed by atoms with Crippen molar-refractivity contribution in [1.29, 1.82) is 0 Å². The Labute approximate surface area is 91.8 Å². The molecule has 0 amide bonds. The number of hydrogen-bond acceptors (Lipinski definition) is 0. The van der Waals surface area contributed by atoms with Crippen LogP contribution >= 0.6 is 0 Å². The quantitative estimate of drug-likeness (QED) is 0.401. The first kappa shape index (κ1) is 16.2. The summed E-state index contributed by atoms with van der Waals surface area (Å²) in [6, 6.07) is 0. The molecule has 0 spiro atoms. The van der Waals surface area contributed by atoms with Gasteiger partial charge in [-0.05, 0) is 26.2 Å². The Morgan fingerprint density at radius 1 is 1.07 bits per heavy atom. The third kappa shape index (κ3) is 14.3. The Kier molecular flexibility index (Phi) is 17.6. The van der Waals surface area contributed by atoms with Gasteiger partial charge in [-0.1, -0.05) is 65.0 Å². The van der Waals surface area contributed by atoms with Crippen LogP contribution in [0, 0.1) is 0 Å². The van der Waals surface area contributed by atoms with Crippen LogP contribution in [0.4, 0.5) is 0 Å². The first-order valence-corrected chi connectivity index (χ1v) is 6.46. The van der Waals surface area contributed by atoms with Crippen molar-refractivity contribution in [3.05, 3.63) is 11.6 Å². The SMILES string of the molecule is CC.CC1=CCCC1.CCCCCC. The Morgan fingerprint density at radius 3 is 1.71 bits per heavy atom. The van der Waals surface area contributed by atoms with E-state index in [4.69, 9.17) is 0 Å². The van der Waals surface area contributed by atoms with Crippen molar-refractivity contribution in [2.45, 2.75) is 79.6 Å². The molecular formula is C14H30. The van der Waals surface area contributed by atoms with Crippen LogP contribution in [-0.4, -0.2) is 0 Å². The summed E-state index contributed by atoms with van der Waals surface area (Å²) in [7, 11) is 0. The van der Waals surface area contributed by atoms with Gasteiger partial charge in [-0.3, -0.25) is 0 Å². The molecule has 0 aromatic carbocycles. The molecule has 0 saturated heterocycles. The Hall–Kier alpha value is -0.260. The molecule has 0 N–H and O–H groups in total. The topological polar surface area (TPSA) is 0 Å². The van der Waals surface area contributed by atoms with Crippen molar-refractivity contribution in [3.8, 4) is 0 Å². The molecule has 0 nitrogen and oxygen atoms in total. The number of allylic oxidation sites excluding steroid dienone is 2. The first-order chi connectivity index (χ1) is 6.81. The minimum absolute atomic E-state index is 1.33. The maximum absolute atomic E-state index is 2.32. The summed E-state index contributed by atoms with van der Waals surface area (Å²) >= 11 is 0. The van der Waals surface area contributed by atoms with Crippen molar-refractivity contribution >= 4 is 0 Å². The lowest BCUT2D eigenvalue weighted by Gasteiger charge is -1.86. The maximum Gasteiger partial charge on any atom is -0.0320 e. The molecule has 0 unspecified atom stereocenters. The van der Waals surface area contributed by atoms with Gasteiger partial charge in [-0.15, -0.1) is 0 Å². The van der Waals surface area contributed by atoms with Crippen molar-refractivity contribution in [1.82, 2.24) is 0 Å². The van der Waals surface area contributed by atoms with Gasteiger partial charge < -0.3 is 0 Å². The molecule has 1 aliphatic carbocycles. The van der Waals surface area contributed by atoms with E-state index in [2.05, 4.69) is 26.8 Å². The van der Waals surface area contributed by atoms with Gasteiger partial charge in [0.05, 0.1) is 0 Å². The van der Waals surface area contributed by atoms with Crippen LogP contribution in [0.25, 0.3) is 0 Å². The van der Waals surface area contributed by atoms with E-state index in [0.29, 0.717) is 0 Å². The zero-order valence-corrected chi connectivity index (χ0v) is 11.0. The summed E-state index contributed by atoms with van der Waals surface area (Å²) in [4.78, 5) is 0. The highest BCUT2D eigenvalue weighted by molar-refractivity contribution is 5.02. The van der Waals surface area contributed by atoms with E-state index in [-0.39, 0.29) is 0 Å². The van der Waals surface area contributed by atoms with Crippen molar-refractivity contribution in [3.63, 3.8) is 0 Å². The highest BCUT2D eigenvalue weighted by Crippen LogP contribution is 2.15. The molecule has 1 rings (SSSR count). The summed E-state index contributed by atoms with van der Waals surface area (Å²) in [5.74, 6) is 0. The van der Waals surface area contributed by atoms with E-state index in [9.17, 15) is 0 Å². The first-order valence-electron chi connectivity index (χ1n) is 6.46. The molecule has 0 heteroatoms. The van der Waals surface area contributed by atoms with E-state index < -0.39 is 0 Å². The lowest BCUT2D eigenvalue weighted by atomic mass is 10.2. The molecule has 14 heavy (non-hydrogen) atoms. The number of unbranched alkanes of at least 4 members (excludes halogenated alkanes) is 3. The van der Waals surface area contributed by atoms with Crippen molar-refractivity contribution in [2.24, 2.45) is 0 Å².